The predicted molar refractivity (Wildman–Crippen MR) is 264 cm³/mol. The number of morpholine rings is 1. The lowest BCUT2D eigenvalue weighted by Crippen LogP contribution is -2.53. The Bertz CT molecular complexity index is 1110. The van der Waals surface area contributed by atoms with Crippen molar-refractivity contribution in [3.05, 3.63) is 0 Å². The van der Waals surface area contributed by atoms with Crippen molar-refractivity contribution >= 4 is 23.6 Å². The van der Waals surface area contributed by atoms with Gasteiger partial charge < -0.3 is 35.1 Å². The minimum atomic E-state index is -0.532. The van der Waals surface area contributed by atoms with E-state index in [1.807, 2.05) is 18.7 Å². The normalized spacial score (nSPS) is 13.6. The molecule has 3 N–H and O–H groups in total. The van der Waals surface area contributed by atoms with Gasteiger partial charge in [0.25, 0.3) is 0 Å². The highest BCUT2D eigenvalue weighted by Crippen LogP contribution is 2.18. The van der Waals surface area contributed by atoms with Gasteiger partial charge in [0, 0.05) is 52.1 Å². The summed E-state index contributed by atoms with van der Waals surface area (Å²) < 4.78 is 16.8. The first-order valence-corrected chi connectivity index (χ1v) is 26.9. The van der Waals surface area contributed by atoms with Crippen LogP contribution < -0.4 is 16.0 Å². The molecule has 0 aromatic heterocycles. The molecule has 12 heteroatoms. The van der Waals surface area contributed by atoms with E-state index in [1.165, 1.54) is 135 Å². The maximum atomic E-state index is 13.7. The Morgan fingerprint density at radius 3 is 1.44 bits per heavy atom. The topological polar surface area (TPSA) is 139 Å². The van der Waals surface area contributed by atoms with E-state index in [0.29, 0.717) is 58.9 Å². The number of ether oxygens (including phenoxy) is 3. The van der Waals surface area contributed by atoms with E-state index in [-0.39, 0.29) is 36.1 Å². The summed E-state index contributed by atoms with van der Waals surface area (Å²) in [6, 6.07) is -0.532. The highest BCUT2D eigenvalue weighted by molar-refractivity contribution is 5.88. The van der Waals surface area contributed by atoms with Crippen molar-refractivity contribution in [1.82, 2.24) is 25.8 Å². The Labute approximate surface area is 393 Å². The first-order chi connectivity index (χ1) is 31.3. The smallest absolute Gasteiger partial charge is 0.243 e. The maximum Gasteiger partial charge on any atom is 0.243 e. The maximum absolute atomic E-state index is 13.7. The zero-order valence-electron chi connectivity index (χ0n) is 42.1. The van der Waals surface area contributed by atoms with Crippen molar-refractivity contribution in [2.45, 2.75) is 220 Å². The fourth-order valence-corrected chi connectivity index (χ4v) is 8.52. The lowest BCUT2D eigenvalue weighted by Gasteiger charge is -2.35. The molecule has 1 fully saturated rings. The van der Waals surface area contributed by atoms with Crippen LogP contribution in [0.15, 0.2) is 0 Å². The minimum Gasteiger partial charge on any atom is -0.379 e. The summed E-state index contributed by atoms with van der Waals surface area (Å²) in [6.07, 6.45) is 34.7. The average Bonchev–Trinajstić information content (AvgIpc) is 3.29. The van der Waals surface area contributed by atoms with E-state index in [2.05, 4.69) is 34.7 Å². The third-order valence-electron chi connectivity index (χ3n) is 12.5. The van der Waals surface area contributed by atoms with Gasteiger partial charge in [-0.1, -0.05) is 182 Å². The molecule has 0 aromatic carbocycles. The van der Waals surface area contributed by atoms with Crippen molar-refractivity contribution in [2.75, 3.05) is 85.5 Å². The Balaban J connectivity index is 2.22. The van der Waals surface area contributed by atoms with Gasteiger partial charge in [-0.2, -0.15) is 0 Å². The molecule has 1 heterocycles. The number of rotatable bonds is 46. The van der Waals surface area contributed by atoms with Gasteiger partial charge in [-0.25, -0.2) is 0 Å². The zero-order chi connectivity index (χ0) is 46.6. The molecule has 64 heavy (non-hydrogen) atoms. The Kier molecular flexibility index (Phi) is 41.6. The molecule has 4 amide bonds. The molecule has 0 aliphatic carbocycles. The van der Waals surface area contributed by atoms with Crippen molar-refractivity contribution in [2.24, 2.45) is 5.92 Å². The minimum absolute atomic E-state index is 0.0242. The summed E-state index contributed by atoms with van der Waals surface area (Å²) in [5, 5.41) is 8.52. The largest absolute Gasteiger partial charge is 0.379 e. The van der Waals surface area contributed by atoms with Crippen molar-refractivity contribution in [3.63, 3.8) is 0 Å². The molecular formula is C52H101N5O7. The van der Waals surface area contributed by atoms with Crippen LogP contribution in [0.2, 0.25) is 0 Å². The van der Waals surface area contributed by atoms with Gasteiger partial charge in [0.15, 0.2) is 0 Å². The Hall–Kier alpha value is -2.28. The molecule has 1 atom stereocenters. The molecule has 0 spiro atoms. The molecular weight excluding hydrogens is 807 g/mol. The lowest BCUT2D eigenvalue weighted by atomic mass is 9.99. The standard InChI is InChI=1S/C52H101N5O7/c1-5-7-9-11-13-15-17-19-21-23-25-27-29-32-48(58)55-46-49(59)53-34-40-62-44-45-63-41-35-54-52(61)51(47(3)4)57(37-31-36-56-38-42-64-43-39-56)50(60)33-30-28-26-24-22-20-18-16-14-12-10-8-6-2/h47,51H,5-46H2,1-4H3,(H,53,59)(H,54,61)(H,55,58). The highest BCUT2D eigenvalue weighted by Gasteiger charge is 2.32. The fourth-order valence-electron chi connectivity index (χ4n) is 8.52. The number of hydrogen-bond donors (Lipinski definition) is 3. The molecule has 0 radical (unpaired) electrons. The van der Waals surface area contributed by atoms with Crippen LogP contribution in [-0.4, -0.2) is 125 Å². The molecule has 0 bridgehead atoms. The van der Waals surface area contributed by atoms with Crippen LogP contribution in [0.3, 0.4) is 0 Å². The molecule has 376 valence electrons. The van der Waals surface area contributed by atoms with Gasteiger partial charge >= 0.3 is 0 Å². The van der Waals surface area contributed by atoms with Crippen LogP contribution in [0.5, 0.6) is 0 Å². The summed E-state index contributed by atoms with van der Waals surface area (Å²) in [4.78, 5) is 55.9. The van der Waals surface area contributed by atoms with Gasteiger partial charge in [0.2, 0.25) is 23.6 Å². The number of amides is 4. The first kappa shape index (κ1) is 59.7. The van der Waals surface area contributed by atoms with E-state index >= 15 is 0 Å². The predicted octanol–water partition coefficient (Wildman–Crippen LogP) is 9.91. The number of carbonyl (C=O) groups is 4. The number of carbonyl (C=O) groups excluding carboxylic acids is 4. The molecule has 1 aliphatic rings. The van der Waals surface area contributed by atoms with Crippen molar-refractivity contribution in [1.29, 1.82) is 0 Å². The van der Waals surface area contributed by atoms with Gasteiger partial charge in [-0.05, 0) is 25.2 Å². The third-order valence-corrected chi connectivity index (χ3v) is 12.5. The molecule has 12 nitrogen and oxygen atoms in total. The Morgan fingerprint density at radius 1 is 0.531 bits per heavy atom. The fraction of sp³-hybridized carbons (Fsp3) is 0.923. The van der Waals surface area contributed by atoms with E-state index in [4.69, 9.17) is 14.2 Å². The van der Waals surface area contributed by atoms with Crippen molar-refractivity contribution < 1.29 is 33.4 Å². The van der Waals surface area contributed by atoms with E-state index in [1.54, 1.807) is 0 Å². The molecule has 1 saturated heterocycles. The summed E-state index contributed by atoms with van der Waals surface area (Å²) in [5.41, 5.74) is 0. The number of unbranched alkanes of at least 4 members (excludes halogenated alkanes) is 24. The lowest BCUT2D eigenvalue weighted by molar-refractivity contribution is -0.142. The van der Waals surface area contributed by atoms with E-state index in [9.17, 15) is 19.2 Å². The quantitative estimate of drug-likeness (QED) is 0.0514. The first-order valence-electron chi connectivity index (χ1n) is 26.9. The SMILES string of the molecule is CCCCCCCCCCCCCCCC(=O)NCC(=O)NCCOCCOCCNC(=O)C(C(C)C)N(CCCN1CCOCC1)C(=O)CCCCCCCCCCCCCCC. The van der Waals surface area contributed by atoms with E-state index in [0.717, 1.165) is 71.4 Å². The van der Waals surface area contributed by atoms with Crippen LogP contribution >= 0.6 is 0 Å². The summed E-state index contributed by atoms with van der Waals surface area (Å²) >= 11 is 0. The highest BCUT2D eigenvalue weighted by atomic mass is 16.5. The van der Waals surface area contributed by atoms with Crippen LogP contribution in [-0.2, 0) is 33.4 Å². The molecule has 1 unspecified atom stereocenters. The van der Waals surface area contributed by atoms with Gasteiger partial charge in [-0.3, -0.25) is 24.1 Å². The summed E-state index contributed by atoms with van der Waals surface area (Å²) in [7, 11) is 0. The second-order valence-electron chi connectivity index (χ2n) is 18.7. The van der Waals surface area contributed by atoms with Crippen LogP contribution in [0, 0.1) is 5.92 Å². The van der Waals surface area contributed by atoms with Gasteiger partial charge in [0.1, 0.15) is 6.04 Å². The number of nitrogens with zero attached hydrogens (tertiary/aromatic N) is 2. The monoisotopic (exact) mass is 908 g/mol. The second kappa shape index (κ2) is 44.6. The molecule has 1 rings (SSSR count). The Morgan fingerprint density at radius 2 is 0.969 bits per heavy atom. The van der Waals surface area contributed by atoms with Crippen LogP contribution in [0.4, 0.5) is 0 Å². The van der Waals surface area contributed by atoms with Crippen LogP contribution in [0.25, 0.3) is 0 Å². The zero-order valence-corrected chi connectivity index (χ0v) is 42.1. The molecule has 0 aromatic rings. The third kappa shape index (κ3) is 35.9. The summed E-state index contributed by atoms with van der Waals surface area (Å²) in [6.45, 7) is 15.4. The molecule has 0 saturated carbocycles. The average molecular weight is 908 g/mol. The molecule has 1 aliphatic heterocycles. The second-order valence-corrected chi connectivity index (χ2v) is 18.7. The van der Waals surface area contributed by atoms with Gasteiger partial charge in [0.05, 0.1) is 46.2 Å². The van der Waals surface area contributed by atoms with Crippen molar-refractivity contribution in [3.8, 4) is 0 Å². The van der Waals surface area contributed by atoms with Crippen LogP contribution in [0.1, 0.15) is 214 Å². The number of hydrogen-bond acceptors (Lipinski definition) is 8. The summed E-state index contributed by atoms with van der Waals surface area (Å²) in [5.74, 6) is -0.391. The van der Waals surface area contributed by atoms with E-state index < -0.39 is 6.04 Å². The van der Waals surface area contributed by atoms with Gasteiger partial charge in [-0.15, -0.1) is 0 Å². The number of nitrogens with one attached hydrogen (secondary N) is 3.